The van der Waals surface area contributed by atoms with Crippen molar-refractivity contribution in [1.29, 1.82) is 0 Å². The number of benzene rings is 1. The van der Waals surface area contributed by atoms with Gasteiger partial charge in [0.15, 0.2) is 0 Å². The Hall–Kier alpha value is -1.09. The summed E-state index contributed by atoms with van der Waals surface area (Å²) in [7, 11) is 0. The molecule has 1 rings (SSSR count). The topological polar surface area (TPSA) is 32.3 Å². The molecule has 0 bridgehead atoms. The minimum Gasteiger partial charge on any atom is -0.394 e. The predicted octanol–water partition coefficient (Wildman–Crippen LogP) is 2.79. The molecule has 15 heavy (non-hydrogen) atoms. The summed E-state index contributed by atoms with van der Waals surface area (Å²) in [6.07, 6.45) is 1.52. The summed E-state index contributed by atoms with van der Waals surface area (Å²) in [6, 6.07) is 6.53. The Morgan fingerprint density at radius 2 is 1.87 bits per heavy atom. The Morgan fingerprint density at radius 3 is 2.33 bits per heavy atom. The van der Waals surface area contributed by atoms with Crippen LogP contribution in [0.3, 0.4) is 0 Å². The maximum absolute atomic E-state index is 13.4. The molecule has 84 valence electrons. The summed E-state index contributed by atoms with van der Waals surface area (Å²) >= 11 is 0. The van der Waals surface area contributed by atoms with Crippen LogP contribution in [0.2, 0.25) is 0 Å². The number of nitrogens with one attached hydrogen (secondary N) is 1. The van der Waals surface area contributed by atoms with Gasteiger partial charge in [-0.25, -0.2) is 4.39 Å². The van der Waals surface area contributed by atoms with Crippen molar-refractivity contribution in [3.8, 4) is 0 Å². The van der Waals surface area contributed by atoms with E-state index in [1.54, 1.807) is 18.2 Å². The fraction of sp³-hybridized carbons (Fsp3) is 0.500. The number of hydrogen-bond acceptors (Lipinski definition) is 2. The number of rotatable bonds is 5. The molecule has 0 unspecified atom stereocenters. The smallest absolute Gasteiger partial charge is 0.146 e. The number of aliphatic hydroxyl groups excluding tert-OH is 1. The van der Waals surface area contributed by atoms with Gasteiger partial charge in [0.05, 0.1) is 17.8 Å². The molecular formula is C12H18FNO. The van der Waals surface area contributed by atoms with Gasteiger partial charge in [-0.15, -0.1) is 0 Å². The Balaban J connectivity index is 2.88. The highest BCUT2D eigenvalue weighted by atomic mass is 19.1. The molecular weight excluding hydrogens is 193 g/mol. The predicted molar refractivity (Wildman–Crippen MR) is 60.4 cm³/mol. The lowest BCUT2D eigenvalue weighted by molar-refractivity contribution is 0.202. The van der Waals surface area contributed by atoms with Gasteiger partial charge in [-0.2, -0.15) is 0 Å². The second-order valence-electron chi connectivity index (χ2n) is 3.75. The molecule has 0 radical (unpaired) electrons. The van der Waals surface area contributed by atoms with Crippen LogP contribution in [0.25, 0.3) is 0 Å². The van der Waals surface area contributed by atoms with E-state index in [1.165, 1.54) is 6.07 Å². The van der Waals surface area contributed by atoms with Crippen LogP contribution in [-0.2, 0) is 0 Å². The molecule has 0 amide bonds. The maximum Gasteiger partial charge on any atom is 0.146 e. The first kappa shape index (κ1) is 12.0. The summed E-state index contributed by atoms with van der Waals surface area (Å²) in [5.41, 5.74) is 0.0394. The molecule has 0 aliphatic carbocycles. The van der Waals surface area contributed by atoms with E-state index in [-0.39, 0.29) is 12.4 Å². The molecule has 0 aromatic heterocycles. The molecule has 1 aromatic carbocycles. The third-order valence-electron chi connectivity index (χ3n) is 2.93. The van der Waals surface area contributed by atoms with Gasteiger partial charge in [-0.05, 0) is 25.0 Å². The summed E-state index contributed by atoms with van der Waals surface area (Å²) in [4.78, 5) is 0. The van der Waals surface area contributed by atoms with Crippen LogP contribution in [0.15, 0.2) is 24.3 Å². The van der Waals surface area contributed by atoms with Crippen molar-refractivity contribution >= 4 is 5.69 Å². The Kier molecular flexibility index (Phi) is 4.09. The molecule has 0 saturated carbocycles. The lowest BCUT2D eigenvalue weighted by Crippen LogP contribution is -2.41. The van der Waals surface area contributed by atoms with E-state index in [2.05, 4.69) is 5.32 Å². The van der Waals surface area contributed by atoms with Crippen molar-refractivity contribution in [3.05, 3.63) is 30.1 Å². The van der Waals surface area contributed by atoms with Crippen molar-refractivity contribution in [2.24, 2.45) is 0 Å². The van der Waals surface area contributed by atoms with Gasteiger partial charge in [0.1, 0.15) is 5.82 Å². The van der Waals surface area contributed by atoms with Gasteiger partial charge < -0.3 is 10.4 Å². The largest absolute Gasteiger partial charge is 0.394 e. The van der Waals surface area contributed by atoms with Gasteiger partial charge in [-0.1, -0.05) is 26.0 Å². The standard InChI is InChI=1S/C12H18FNO/c1-3-12(4-2,9-15)14-11-8-6-5-7-10(11)13/h5-8,14-15H,3-4,9H2,1-2H3. The minimum atomic E-state index is -0.414. The molecule has 0 aliphatic heterocycles. The third kappa shape index (κ3) is 2.69. The molecule has 2 N–H and O–H groups in total. The molecule has 3 heteroatoms. The van der Waals surface area contributed by atoms with Gasteiger partial charge >= 0.3 is 0 Å². The molecule has 0 fully saturated rings. The summed E-state index contributed by atoms with van der Waals surface area (Å²) in [5, 5.41) is 12.4. The molecule has 0 aliphatic rings. The van der Waals surface area contributed by atoms with Gasteiger partial charge in [0, 0.05) is 0 Å². The van der Waals surface area contributed by atoms with E-state index in [4.69, 9.17) is 0 Å². The van der Waals surface area contributed by atoms with Gasteiger partial charge in [-0.3, -0.25) is 0 Å². The van der Waals surface area contributed by atoms with Crippen LogP contribution in [0.4, 0.5) is 10.1 Å². The van der Waals surface area contributed by atoms with Crippen molar-refractivity contribution in [3.63, 3.8) is 0 Å². The van der Waals surface area contributed by atoms with Gasteiger partial charge in [0.2, 0.25) is 0 Å². The van der Waals surface area contributed by atoms with Crippen molar-refractivity contribution in [2.45, 2.75) is 32.2 Å². The minimum absolute atomic E-state index is 0.00827. The van der Waals surface area contributed by atoms with E-state index in [9.17, 15) is 9.50 Å². The summed E-state index contributed by atoms with van der Waals surface area (Å²) in [6.45, 7) is 3.97. The fourth-order valence-corrected chi connectivity index (χ4v) is 1.54. The lowest BCUT2D eigenvalue weighted by atomic mass is 9.93. The number of para-hydroxylation sites is 1. The number of anilines is 1. The van der Waals surface area contributed by atoms with Crippen molar-refractivity contribution < 1.29 is 9.50 Å². The van der Waals surface area contributed by atoms with Crippen LogP contribution in [0.1, 0.15) is 26.7 Å². The second-order valence-corrected chi connectivity index (χ2v) is 3.75. The average Bonchev–Trinajstić information content (AvgIpc) is 2.29. The first-order valence-electron chi connectivity index (χ1n) is 5.31. The van der Waals surface area contributed by atoms with Crippen LogP contribution in [0.5, 0.6) is 0 Å². The van der Waals surface area contributed by atoms with E-state index >= 15 is 0 Å². The maximum atomic E-state index is 13.4. The zero-order valence-corrected chi connectivity index (χ0v) is 9.26. The van der Waals surface area contributed by atoms with E-state index < -0.39 is 5.54 Å². The molecule has 0 heterocycles. The summed E-state index contributed by atoms with van der Waals surface area (Å²) < 4.78 is 13.4. The molecule has 1 aromatic rings. The Labute approximate surface area is 90.1 Å². The second kappa shape index (κ2) is 5.12. The van der Waals surface area contributed by atoms with E-state index in [0.717, 1.165) is 12.8 Å². The van der Waals surface area contributed by atoms with Crippen molar-refractivity contribution in [2.75, 3.05) is 11.9 Å². The Morgan fingerprint density at radius 1 is 1.27 bits per heavy atom. The van der Waals surface area contributed by atoms with Crippen LogP contribution in [-0.4, -0.2) is 17.3 Å². The molecule has 0 saturated heterocycles. The molecule has 0 spiro atoms. The monoisotopic (exact) mass is 211 g/mol. The van der Waals surface area contributed by atoms with E-state index in [1.807, 2.05) is 13.8 Å². The first-order valence-corrected chi connectivity index (χ1v) is 5.31. The lowest BCUT2D eigenvalue weighted by Gasteiger charge is -2.32. The highest BCUT2D eigenvalue weighted by Crippen LogP contribution is 2.23. The number of halogens is 1. The average molecular weight is 211 g/mol. The highest BCUT2D eigenvalue weighted by molar-refractivity contribution is 5.46. The zero-order chi connectivity index (χ0) is 11.3. The van der Waals surface area contributed by atoms with Crippen LogP contribution < -0.4 is 5.32 Å². The van der Waals surface area contributed by atoms with E-state index in [0.29, 0.717) is 5.69 Å². The SMILES string of the molecule is CCC(CC)(CO)Nc1ccccc1F. The number of aliphatic hydroxyl groups is 1. The molecule has 0 atom stereocenters. The third-order valence-corrected chi connectivity index (χ3v) is 2.93. The normalized spacial score (nSPS) is 11.5. The van der Waals surface area contributed by atoms with Crippen LogP contribution in [0, 0.1) is 5.82 Å². The van der Waals surface area contributed by atoms with Crippen LogP contribution >= 0.6 is 0 Å². The van der Waals surface area contributed by atoms with Gasteiger partial charge in [0.25, 0.3) is 0 Å². The quantitative estimate of drug-likeness (QED) is 0.785. The molecule has 2 nitrogen and oxygen atoms in total. The van der Waals surface area contributed by atoms with Crippen molar-refractivity contribution in [1.82, 2.24) is 0 Å². The summed E-state index contributed by atoms with van der Waals surface area (Å²) in [5.74, 6) is -0.280. The zero-order valence-electron chi connectivity index (χ0n) is 9.26. The number of hydrogen-bond donors (Lipinski definition) is 2. The highest BCUT2D eigenvalue weighted by Gasteiger charge is 2.25. The Bertz CT molecular complexity index is 302. The fourth-order valence-electron chi connectivity index (χ4n) is 1.54. The first-order chi connectivity index (χ1) is 7.17.